The number of carbonyl (C=O) groups is 2. The third-order valence-corrected chi connectivity index (χ3v) is 3.87. The van der Waals surface area contributed by atoms with Gasteiger partial charge in [0, 0.05) is 36.0 Å². The topological polar surface area (TPSA) is 103 Å². The molecule has 7 nitrogen and oxygen atoms in total. The van der Waals surface area contributed by atoms with Crippen molar-refractivity contribution in [1.82, 2.24) is 20.5 Å². The average Bonchev–Trinajstić information content (AvgIpc) is 3.13. The van der Waals surface area contributed by atoms with Gasteiger partial charge in [0.2, 0.25) is 11.8 Å². The van der Waals surface area contributed by atoms with Crippen LogP contribution in [0.4, 0.5) is 5.82 Å². The van der Waals surface area contributed by atoms with Gasteiger partial charge in [-0.3, -0.25) is 14.7 Å². The van der Waals surface area contributed by atoms with Gasteiger partial charge in [-0.1, -0.05) is 18.2 Å². The third-order valence-electron chi connectivity index (χ3n) is 3.87. The van der Waals surface area contributed by atoms with Crippen LogP contribution < -0.4 is 10.6 Å². The molecule has 0 saturated heterocycles. The zero-order valence-electron chi connectivity index (χ0n) is 13.5. The Morgan fingerprint density at radius 2 is 2.08 bits per heavy atom. The number of aromatic amines is 2. The molecular weight excluding hydrogens is 306 g/mol. The molecule has 0 fully saturated rings. The molecule has 7 heteroatoms. The molecule has 1 unspecified atom stereocenters. The van der Waals surface area contributed by atoms with Crippen LogP contribution in [-0.2, 0) is 16.0 Å². The predicted octanol–water partition coefficient (Wildman–Crippen LogP) is 1.89. The molecule has 24 heavy (non-hydrogen) atoms. The second kappa shape index (κ2) is 6.57. The second-order valence-electron chi connectivity index (χ2n) is 5.73. The van der Waals surface area contributed by atoms with Gasteiger partial charge >= 0.3 is 0 Å². The summed E-state index contributed by atoms with van der Waals surface area (Å²) in [5.41, 5.74) is 2.80. The summed E-state index contributed by atoms with van der Waals surface area (Å²) >= 11 is 0. The van der Waals surface area contributed by atoms with Crippen molar-refractivity contribution in [3.8, 4) is 0 Å². The molecule has 0 saturated carbocycles. The maximum absolute atomic E-state index is 12.6. The van der Waals surface area contributed by atoms with Crippen LogP contribution in [0.3, 0.4) is 0 Å². The molecule has 0 spiro atoms. The van der Waals surface area contributed by atoms with Crippen LogP contribution in [0, 0.1) is 6.92 Å². The molecule has 2 amide bonds. The zero-order valence-corrected chi connectivity index (χ0v) is 13.5. The normalized spacial score (nSPS) is 12.1. The molecule has 1 atom stereocenters. The lowest BCUT2D eigenvalue weighted by Crippen LogP contribution is -2.44. The third kappa shape index (κ3) is 3.29. The summed E-state index contributed by atoms with van der Waals surface area (Å²) in [7, 11) is 0. The number of benzene rings is 1. The van der Waals surface area contributed by atoms with E-state index in [1.807, 2.05) is 37.4 Å². The summed E-state index contributed by atoms with van der Waals surface area (Å²) in [5, 5.41) is 13.1. The minimum absolute atomic E-state index is 0.253. The number of carbonyl (C=O) groups excluding carboxylic acids is 2. The first-order chi connectivity index (χ1) is 11.5. The fourth-order valence-electron chi connectivity index (χ4n) is 2.66. The van der Waals surface area contributed by atoms with Crippen LogP contribution in [0.15, 0.2) is 36.7 Å². The Kier molecular flexibility index (Phi) is 4.33. The van der Waals surface area contributed by atoms with E-state index < -0.39 is 6.04 Å². The fraction of sp³-hybridized carbons (Fsp3) is 0.235. The van der Waals surface area contributed by atoms with Gasteiger partial charge in [-0.15, -0.1) is 0 Å². The Morgan fingerprint density at radius 1 is 1.29 bits per heavy atom. The Bertz CT molecular complexity index is 880. The lowest BCUT2D eigenvalue weighted by atomic mass is 10.0. The summed E-state index contributed by atoms with van der Waals surface area (Å²) in [6, 6.07) is 7.18. The van der Waals surface area contributed by atoms with E-state index in [0.29, 0.717) is 12.2 Å². The highest BCUT2D eigenvalue weighted by molar-refractivity contribution is 5.97. The van der Waals surface area contributed by atoms with Crippen LogP contribution in [0.5, 0.6) is 0 Å². The van der Waals surface area contributed by atoms with Crippen LogP contribution in [0.1, 0.15) is 18.1 Å². The van der Waals surface area contributed by atoms with Crippen molar-refractivity contribution < 1.29 is 9.59 Å². The van der Waals surface area contributed by atoms with Gasteiger partial charge in [-0.25, -0.2) is 0 Å². The van der Waals surface area contributed by atoms with E-state index in [1.165, 1.54) is 6.92 Å². The molecule has 2 heterocycles. The maximum atomic E-state index is 12.6. The van der Waals surface area contributed by atoms with Gasteiger partial charge in [0.1, 0.15) is 11.9 Å². The molecule has 2 aromatic heterocycles. The molecule has 3 rings (SSSR count). The van der Waals surface area contributed by atoms with E-state index in [-0.39, 0.29) is 11.8 Å². The van der Waals surface area contributed by atoms with E-state index in [0.717, 1.165) is 22.0 Å². The molecular formula is C17H19N5O2. The van der Waals surface area contributed by atoms with Gasteiger partial charge in [0.25, 0.3) is 0 Å². The van der Waals surface area contributed by atoms with Crippen molar-refractivity contribution in [1.29, 1.82) is 0 Å². The summed E-state index contributed by atoms with van der Waals surface area (Å²) < 4.78 is 0. The Hall–Kier alpha value is -3.09. The number of para-hydroxylation sites is 1. The molecule has 0 radical (unpaired) electrons. The van der Waals surface area contributed by atoms with E-state index in [1.54, 1.807) is 6.20 Å². The lowest BCUT2D eigenvalue weighted by Gasteiger charge is -2.17. The molecule has 0 aliphatic carbocycles. The summed E-state index contributed by atoms with van der Waals surface area (Å²) in [6.07, 6.45) is 3.89. The highest BCUT2D eigenvalue weighted by Crippen LogP contribution is 2.19. The average molecular weight is 325 g/mol. The molecule has 1 aromatic carbocycles. The number of anilines is 1. The van der Waals surface area contributed by atoms with Crippen LogP contribution in [0.2, 0.25) is 0 Å². The molecule has 3 aromatic rings. The number of nitrogens with one attached hydrogen (secondary N) is 4. The van der Waals surface area contributed by atoms with Crippen molar-refractivity contribution in [2.75, 3.05) is 5.32 Å². The van der Waals surface area contributed by atoms with Gasteiger partial charge in [0.05, 0.1) is 6.20 Å². The number of fused-ring (bicyclic) bond motifs is 1. The highest BCUT2D eigenvalue weighted by atomic mass is 16.2. The quantitative estimate of drug-likeness (QED) is 0.576. The van der Waals surface area contributed by atoms with Gasteiger partial charge in [0.15, 0.2) is 0 Å². The number of aromatic nitrogens is 3. The number of aryl methyl sites for hydroxylation is 1. The van der Waals surface area contributed by atoms with E-state index in [2.05, 4.69) is 25.8 Å². The first-order valence-corrected chi connectivity index (χ1v) is 7.67. The minimum atomic E-state index is -0.676. The Morgan fingerprint density at radius 3 is 2.79 bits per heavy atom. The number of rotatable bonds is 5. The number of nitrogens with zero attached hydrogens (tertiary/aromatic N) is 1. The lowest BCUT2D eigenvalue weighted by molar-refractivity contribution is -0.125. The van der Waals surface area contributed by atoms with E-state index >= 15 is 0 Å². The summed E-state index contributed by atoms with van der Waals surface area (Å²) in [4.78, 5) is 27.3. The first kappa shape index (κ1) is 15.8. The van der Waals surface area contributed by atoms with Crippen molar-refractivity contribution in [2.24, 2.45) is 0 Å². The van der Waals surface area contributed by atoms with Gasteiger partial charge in [-0.05, 0) is 18.6 Å². The molecule has 124 valence electrons. The smallest absolute Gasteiger partial charge is 0.248 e. The summed E-state index contributed by atoms with van der Waals surface area (Å²) in [6.45, 7) is 3.24. The highest BCUT2D eigenvalue weighted by Gasteiger charge is 2.22. The van der Waals surface area contributed by atoms with Crippen LogP contribution in [0.25, 0.3) is 10.9 Å². The maximum Gasteiger partial charge on any atom is 0.248 e. The van der Waals surface area contributed by atoms with Crippen molar-refractivity contribution in [3.05, 3.63) is 47.8 Å². The number of hydrogen-bond donors (Lipinski definition) is 4. The second-order valence-corrected chi connectivity index (χ2v) is 5.73. The van der Waals surface area contributed by atoms with Crippen molar-refractivity contribution in [2.45, 2.75) is 26.3 Å². The Balaban J connectivity index is 1.82. The molecule has 0 aliphatic heterocycles. The Labute approximate surface area is 138 Å². The number of H-pyrrole nitrogens is 2. The van der Waals surface area contributed by atoms with Crippen molar-refractivity contribution in [3.63, 3.8) is 0 Å². The zero-order chi connectivity index (χ0) is 17.1. The largest absolute Gasteiger partial charge is 0.361 e. The van der Waals surface area contributed by atoms with Gasteiger partial charge < -0.3 is 15.6 Å². The van der Waals surface area contributed by atoms with Crippen LogP contribution in [-0.4, -0.2) is 33.0 Å². The first-order valence-electron chi connectivity index (χ1n) is 7.67. The molecule has 0 bridgehead atoms. The monoisotopic (exact) mass is 325 g/mol. The fourth-order valence-corrected chi connectivity index (χ4v) is 2.66. The minimum Gasteiger partial charge on any atom is -0.361 e. The van der Waals surface area contributed by atoms with Gasteiger partial charge in [-0.2, -0.15) is 5.10 Å². The van der Waals surface area contributed by atoms with E-state index in [9.17, 15) is 9.59 Å². The standard InChI is InChI=1S/C17H19N5O2/c1-10-8-19-22-16(10)21-17(24)15(20-11(2)23)7-12-9-18-14-6-4-3-5-13(12)14/h3-6,8-9,15,18H,7H2,1-2H3,(H,20,23)(H2,19,21,22,24). The predicted molar refractivity (Wildman–Crippen MR) is 91.6 cm³/mol. The molecule has 0 aliphatic rings. The number of amides is 2. The SMILES string of the molecule is CC(=O)NC(Cc1c[nH]c2ccccc12)C(=O)Nc1[nH]ncc1C. The van der Waals surface area contributed by atoms with E-state index in [4.69, 9.17) is 0 Å². The molecule has 4 N–H and O–H groups in total. The van der Waals surface area contributed by atoms with Crippen molar-refractivity contribution >= 4 is 28.5 Å². The summed E-state index contributed by atoms with van der Waals surface area (Å²) in [5.74, 6) is -0.00608. The number of hydrogen-bond acceptors (Lipinski definition) is 3. The van der Waals surface area contributed by atoms with Crippen LogP contribution >= 0.6 is 0 Å².